The first kappa shape index (κ1) is 6.49. The predicted molar refractivity (Wildman–Crippen MR) is 29.4 cm³/mol. The van der Waals surface area contributed by atoms with E-state index in [1.165, 1.54) is 0 Å². The van der Waals surface area contributed by atoms with Crippen LogP contribution in [0.3, 0.4) is 0 Å². The van der Waals surface area contributed by atoms with E-state index in [0.29, 0.717) is 12.3 Å². The van der Waals surface area contributed by atoms with E-state index in [2.05, 4.69) is 13.0 Å². The van der Waals surface area contributed by atoms with Gasteiger partial charge in [0.15, 0.2) is 0 Å². The van der Waals surface area contributed by atoms with Gasteiger partial charge in [0.25, 0.3) is 0 Å². The average molecular weight is 96.2 g/mol. The van der Waals surface area contributed by atoms with Crippen molar-refractivity contribution in [2.75, 3.05) is 0 Å². The fraction of sp³-hybridized carbons (Fsp3) is 0.667. The van der Waals surface area contributed by atoms with Crippen LogP contribution < -0.4 is 0 Å². The lowest BCUT2D eigenvalue weighted by molar-refractivity contribution is 0.607. The molecule has 0 aliphatic rings. The highest BCUT2D eigenvalue weighted by Gasteiger charge is 1.93. The maximum atomic E-state index is 8.09. The van der Waals surface area contributed by atoms with Crippen molar-refractivity contribution in [1.82, 2.24) is 0 Å². The fourth-order valence-electron chi connectivity index (χ4n) is 0.258. The quantitative estimate of drug-likeness (QED) is 0.514. The van der Waals surface area contributed by atoms with Gasteiger partial charge in [0.05, 0.1) is 6.07 Å². The minimum absolute atomic E-state index is 0.477. The van der Waals surface area contributed by atoms with E-state index in [-0.39, 0.29) is 0 Å². The van der Waals surface area contributed by atoms with Gasteiger partial charge in [-0.3, -0.25) is 0 Å². The van der Waals surface area contributed by atoms with Crippen LogP contribution in [0.2, 0.25) is 0 Å². The van der Waals surface area contributed by atoms with Gasteiger partial charge >= 0.3 is 0 Å². The number of rotatable bonds is 2. The molecule has 0 fully saturated rings. The summed E-state index contributed by atoms with van der Waals surface area (Å²) in [6, 6.07) is 2.08. The fourth-order valence-corrected chi connectivity index (χ4v) is 0.258. The van der Waals surface area contributed by atoms with Crippen LogP contribution in [-0.4, -0.2) is 0 Å². The molecule has 0 spiro atoms. The van der Waals surface area contributed by atoms with E-state index in [9.17, 15) is 0 Å². The number of nitriles is 1. The molecule has 0 saturated heterocycles. The Balaban J connectivity index is 3.03. The standard InChI is InChI=1S/C6H10N/c1-3-6(2)4-5-7/h6H,1,3-4H2,2H3. The summed E-state index contributed by atoms with van der Waals surface area (Å²) in [5, 5.41) is 8.09. The topological polar surface area (TPSA) is 23.8 Å². The van der Waals surface area contributed by atoms with Gasteiger partial charge in [0.2, 0.25) is 0 Å². The molecule has 1 heteroatoms. The molecule has 1 atom stereocenters. The summed E-state index contributed by atoms with van der Waals surface area (Å²) in [5.74, 6) is 0.477. The summed E-state index contributed by atoms with van der Waals surface area (Å²) in [6.45, 7) is 5.68. The molecular formula is C6H10N. The van der Waals surface area contributed by atoms with Crippen LogP contribution in [0.25, 0.3) is 0 Å². The van der Waals surface area contributed by atoms with E-state index >= 15 is 0 Å². The Morgan fingerprint density at radius 3 is 2.57 bits per heavy atom. The third-order valence-electron chi connectivity index (χ3n) is 0.933. The monoisotopic (exact) mass is 96.1 g/mol. The van der Waals surface area contributed by atoms with Crippen molar-refractivity contribution in [2.24, 2.45) is 5.92 Å². The van der Waals surface area contributed by atoms with Crippen molar-refractivity contribution in [3.05, 3.63) is 6.92 Å². The van der Waals surface area contributed by atoms with Crippen molar-refractivity contribution in [1.29, 1.82) is 5.26 Å². The van der Waals surface area contributed by atoms with Crippen LogP contribution >= 0.6 is 0 Å². The zero-order valence-electron chi connectivity index (χ0n) is 4.65. The van der Waals surface area contributed by atoms with Gasteiger partial charge < -0.3 is 0 Å². The second-order valence-electron chi connectivity index (χ2n) is 1.76. The first-order valence-corrected chi connectivity index (χ1v) is 2.47. The first-order chi connectivity index (χ1) is 3.31. The van der Waals surface area contributed by atoms with E-state index in [4.69, 9.17) is 5.26 Å². The molecule has 0 aliphatic carbocycles. The molecule has 0 aromatic heterocycles. The van der Waals surface area contributed by atoms with Gasteiger partial charge in [-0.05, 0) is 12.3 Å². The van der Waals surface area contributed by atoms with Crippen LogP contribution in [0.5, 0.6) is 0 Å². The minimum atomic E-state index is 0.477. The lowest BCUT2D eigenvalue weighted by Crippen LogP contribution is -1.87. The van der Waals surface area contributed by atoms with Gasteiger partial charge in [-0.25, -0.2) is 0 Å². The molecule has 0 bridgehead atoms. The lowest BCUT2D eigenvalue weighted by Gasteiger charge is -1.96. The zero-order chi connectivity index (χ0) is 5.70. The smallest absolute Gasteiger partial charge is 0.0624 e. The highest BCUT2D eigenvalue weighted by molar-refractivity contribution is 4.73. The van der Waals surface area contributed by atoms with Crippen molar-refractivity contribution in [3.63, 3.8) is 0 Å². The molecule has 0 saturated carbocycles. The second kappa shape index (κ2) is 3.67. The molecule has 1 nitrogen and oxygen atoms in total. The van der Waals surface area contributed by atoms with E-state index in [1.54, 1.807) is 0 Å². The van der Waals surface area contributed by atoms with Gasteiger partial charge in [-0.1, -0.05) is 13.8 Å². The molecule has 0 aromatic rings. The third kappa shape index (κ3) is 3.32. The first-order valence-electron chi connectivity index (χ1n) is 2.47. The largest absolute Gasteiger partial charge is 0.198 e. The minimum Gasteiger partial charge on any atom is -0.198 e. The molecule has 7 heavy (non-hydrogen) atoms. The van der Waals surface area contributed by atoms with Crippen molar-refractivity contribution < 1.29 is 0 Å². The molecular weight excluding hydrogens is 86.1 g/mol. The Bertz CT molecular complexity index is 70.7. The van der Waals surface area contributed by atoms with E-state index in [1.807, 2.05) is 6.92 Å². The van der Waals surface area contributed by atoms with E-state index in [0.717, 1.165) is 6.42 Å². The number of hydrogen-bond donors (Lipinski definition) is 0. The van der Waals surface area contributed by atoms with Crippen LogP contribution in [0.4, 0.5) is 0 Å². The Morgan fingerprint density at radius 2 is 2.43 bits per heavy atom. The Hall–Kier alpha value is -0.510. The summed E-state index contributed by atoms with van der Waals surface area (Å²) in [6.07, 6.45) is 1.51. The van der Waals surface area contributed by atoms with Crippen LogP contribution in [0, 0.1) is 24.2 Å². The Labute approximate surface area is 45.0 Å². The maximum Gasteiger partial charge on any atom is 0.0624 e. The Morgan fingerprint density at radius 1 is 1.86 bits per heavy atom. The molecule has 0 aromatic carbocycles. The molecule has 0 amide bonds. The molecule has 39 valence electrons. The normalized spacial score (nSPS) is 12.7. The summed E-state index contributed by atoms with van der Waals surface area (Å²) in [5.41, 5.74) is 0. The van der Waals surface area contributed by atoms with Gasteiger partial charge in [0.1, 0.15) is 0 Å². The summed E-state index contributed by atoms with van der Waals surface area (Å²) < 4.78 is 0. The number of hydrogen-bond acceptors (Lipinski definition) is 1. The van der Waals surface area contributed by atoms with Crippen LogP contribution in [0.15, 0.2) is 0 Å². The van der Waals surface area contributed by atoms with Gasteiger partial charge in [-0.2, -0.15) is 5.26 Å². The van der Waals surface area contributed by atoms with Crippen LogP contribution in [0.1, 0.15) is 19.8 Å². The zero-order valence-corrected chi connectivity index (χ0v) is 4.65. The summed E-state index contributed by atoms with van der Waals surface area (Å²) >= 11 is 0. The lowest BCUT2D eigenvalue weighted by atomic mass is 10.1. The third-order valence-corrected chi connectivity index (χ3v) is 0.933. The molecule has 0 N–H and O–H groups in total. The SMILES string of the molecule is [CH2]CC(C)CC#N. The predicted octanol–water partition coefficient (Wildman–Crippen LogP) is 1.76. The molecule has 0 heterocycles. The van der Waals surface area contributed by atoms with Gasteiger partial charge in [0, 0.05) is 6.42 Å². The molecule has 1 unspecified atom stereocenters. The average Bonchev–Trinajstić information content (AvgIpc) is 1.68. The molecule has 1 radical (unpaired) electrons. The maximum absolute atomic E-state index is 8.09. The van der Waals surface area contributed by atoms with E-state index < -0.39 is 0 Å². The Kier molecular flexibility index (Phi) is 3.40. The summed E-state index contributed by atoms with van der Waals surface area (Å²) in [7, 11) is 0. The van der Waals surface area contributed by atoms with Crippen LogP contribution in [-0.2, 0) is 0 Å². The summed E-state index contributed by atoms with van der Waals surface area (Å²) in [4.78, 5) is 0. The second-order valence-corrected chi connectivity index (χ2v) is 1.76. The van der Waals surface area contributed by atoms with Gasteiger partial charge in [-0.15, -0.1) is 0 Å². The molecule has 0 rings (SSSR count). The van der Waals surface area contributed by atoms with Crippen molar-refractivity contribution >= 4 is 0 Å². The molecule has 0 aliphatic heterocycles. The number of nitrogens with zero attached hydrogens (tertiary/aromatic N) is 1. The highest BCUT2D eigenvalue weighted by atomic mass is 14.2. The van der Waals surface area contributed by atoms with Crippen molar-refractivity contribution in [3.8, 4) is 6.07 Å². The van der Waals surface area contributed by atoms with Crippen molar-refractivity contribution in [2.45, 2.75) is 19.8 Å². The highest BCUT2D eigenvalue weighted by Crippen LogP contribution is 2.02.